The molecule has 0 bridgehead atoms. The molecule has 0 saturated carbocycles. The summed E-state index contributed by atoms with van der Waals surface area (Å²) in [5.41, 5.74) is 7.82. The third kappa shape index (κ3) is 2.61. The van der Waals surface area contributed by atoms with E-state index in [0.29, 0.717) is 6.54 Å². The van der Waals surface area contributed by atoms with Crippen LogP contribution in [0.5, 0.6) is 0 Å². The number of carbonyl (C=O) groups excluding carboxylic acids is 1. The third-order valence-electron chi connectivity index (χ3n) is 3.41. The smallest absolute Gasteiger partial charge is 0.241 e. The standard InChI is InChI=1S/C13H20N4O/c1-3-11(14)12-5-4-10(8-15-12)17-7-6-16(2)13(18)9-17/h4-5,8,11H,3,6-7,9,14H2,1-2H3. The summed E-state index contributed by atoms with van der Waals surface area (Å²) in [7, 11) is 1.83. The summed E-state index contributed by atoms with van der Waals surface area (Å²) in [4.78, 5) is 19.8. The quantitative estimate of drug-likeness (QED) is 0.858. The fraction of sp³-hybridized carbons (Fsp3) is 0.538. The van der Waals surface area contributed by atoms with E-state index in [4.69, 9.17) is 5.73 Å². The number of hydrogen-bond donors (Lipinski definition) is 1. The third-order valence-corrected chi connectivity index (χ3v) is 3.41. The lowest BCUT2D eigenvalue weighted by atomic mass is 10.1. The van der Waals surface area contributed by atoms with Crippen molar-refractivity contribution in [3.05, 3.63) is 24.0 Å². The van der Waals surface area contributed by atoms with Crippen molar-refractivity contribution in [1.29, 1.82) is 0 Å². The highest BCUT2D eigenvalue weighted by Crippen LogP contribution is 2.18. The van der Waals surface area contributed by atoms with Crippen molar-refractivity contribution in [2.75, 3.05) is 31.6 Å². The second kappa shape index (κ2) is 5.35. The lowest BCUT2D eigenvalue weighted by Gasteiger charge is -2.33. The zero-order valence-corrected chi connectivity index (χ0v) is 11.0. The van der Waals surface area contributed by atoms with Crippen LogP contribution in [0, 0.1) is 0 Å². The van der Waals surface area contributed by atoms with Crippen molar-refractivity contribution in [3.8, 4) is 0 Å². The van der Waals surface area contributed by atoms with Crippen LogP contribution in [0.3, 0.4) is 0 Å². The Hall–Kier alpha value is -1.62. The topological polar surface area (TPSA) is 62.5 Å². The van der Waals surface area contributed by atoms with Gasteiger partial charge < -0.3 is 15.5 Å². The maximum Gasteiger partial charge on any atom is 0.241 e. The predicted octanol–water partition coefficient (Wildman–Crippen LogP) is 0.770. The highest BCUT2D eigenvalue weighted by molar-refractivity contribution is 5.82. The first-order valence-electron chi connectivity index (χ1n) is 6.32. The monoisotopic (exact) mass is 248 g/mol. The molecule has 0 spiro atoms. The Morgan fingerprint density at radius 2 is 2.22 bits per heavy atom. The van der Waals surface area contributed by atoms with Crippen molar-refractivity contribution in [3.63, 3.8) is 0 Å². The molecule has 5 nitrogen and oxygen atoms in total. The minimum absolute atomic E-state index is 0.00632. The first-order valence-corrected chi connectivity index (χ1v) is 6.32. The summed E-state index contributed by atoms with van der Waals surface area (Å²) in [6, 6.07) is 3.94. The van der Waals surface area contributed by atoms with E-state index in [1.807, 2.05) is 32.3 Å². The number of nitrogens with zero attached hydrogens (tertiary/aromatic N) is 3. The number of likely N-dealkylation sites (N-methyl/N-ethyl adjacent to an activating group) is 1. The van der Waals surface area contributed by atoms with Gasteiger partial charge in [-0.15, -0.1) is 0 Å². The van der Waals surface area contributed by atoms with Gasteiger partial charge in [0.05, 0.1) is 24.1 Å². The minimum Gasteiger partial charge on any atom is -0.359 e. The molecule has 18 heavy (non-hydrogen) atoms. The molecular weight excluding hydrogens is 228 g/mol. The summed E-state index contributed by atoms with van der Waals surface area (Å²) in [6.45, 7) is 4.08. The Kier molecular flexibility index (Phi) is 3.81. The number of carbonyl (C=O) groups is 1. The highest BCUT2D eigenvalue weighted by Gasteiger charge is 2.21. The summed E-state index contributed by atoms with van der Waals surface area (Å²) < 4.78 is 0. The van der Waals surface area contributed by atoms with Gasteiger partial charge >= 0.3 is 0 Å². The molecule has 2 N–H and O–H groups in total. The van der Waals surface area contributed by atoms with Gasteiger partial charge in [-0.2, -0.15) is 0 Å². The van der Waals surface area contributed by atoms with Gasteiger partial charge in [0.15, 0.2) is 0 Å². The largest absolute Gasteiger partial charge is 0.359 e. The Morgan fingerprint density at radius 3 is 2.78 bits per heavy atom. The number of nitrogens with two attached hydrogens (primary N) is 1. The Balaban J connectivity index is 2.08. The van der Waals surface area contributed by atoms with Gasteiger partial charge in [0.25, 0.3) is 0 Å². The molecule has 1 unspecified atom stereocenters. The second-order valence-electron chi connectivity index (χ2n) is 4.69. The van der Waals surface area contributed by atoms with Crippen molar-refractivity contribution in [1.82, 2.24) is 9.88 Å². The molecule has 1 aromatic heterocycles. The highest BCUT2D eigenvalue weighted by atomic mass is 16.2. The molecule has 0 aromatic carbocycles. The van der Waals surface area contributed by atoms with Crippen molar-refractivity contribution in [2.24, 2.45) is 5.73 Å². The van der Waals surface area contributed by atoms with E-state index < -0.39 is 0 Å². The number of pyridine rings is 1. The fourth-order valence-electron chi connectivity index (χ4n) is 1.99. The van der Waals surface area contributed by atoms with E-state index in [-0.39, 0.29) is 11.9 Å². The molecule has 1 saturated heterocycles. The number of hydrogen-bond acceptors (Lipinski definition) is 4. The normalized spacial score (nSPS) is 18.1. The molecule has 2 heterocycles. The molecule has 98 valence electrons. The SMILES string of the molecule is CCC(N)c1ccc(N2CCN(C)C(=O)C2)cn1. The van der Waals surface area contributed by atoms with Gasteiger partial charge in [-0.1, -0.05) is 6.92 Å². The Morgan fingerprint density at radius 1 is 1.44 bits per heavy atom. The summed E-state index contributed by atoms with van der Waals surface area (Å²) in [5, 5.41) is 0. The molecule has 0 radical (unpaired) electrons. The minimum atomic E-state index is -0.00632. The van der Waals surface area contributed by atoms with Crippen molar-refractivity contribution < 1.29 is 4.79 Å². The zero-order valence-electron chi connectivity index (χ0n) is 11.0. The predicted molar refractivity (Wildman–Crippen MR) is 71.3 cm³/mol. The molecule has 1 aliphatic heterocycles. The lowest BCUT2D eigenvalue weighted by molar-refractivity contribution is -0.129. The van der Waals surface area contributed by atoms with Crippen LogP contribution in [0.2, 0.25) is 0 Å². The van der Waals surface area contributed by atoms with Crippen LogP contribution in [-0.2, 0) is 4.79 Å². The maximum absolute atomic E-state index is 11.6. The van der Waals surface area contributed by atoms with Crippen molar-refractivity contribution >= 4 is 11.6 Å². The van der Waals surface area contributed by atoms with E-state index in [1.54, 1.807) is 4.90 Å². The van der Waals surface area contributed by atoms with E-state index in [9.17, 15) is 4.79 Å². The molecule has 1 atom stereocenters. The molecule has 2 rings (SSSR count). The molecule has 1 fully saturated rings. The van der Waals surface area contributed by atoms with Crippen LogP contribution < -0.4 is 10.6 Å². The summed E-state index contributed by atoms with van der Waals surface area (Å²) >= 11 is 0. The van der Waals surface area contributed by atoms with Crippen LogP contribution in [-0.4, -0.2) is 42.5 Å². The molecule has 5 heteroatoms. The van der Waals surface area contributed by atoms with Gasteiger partial charge in [-0.3, -0.25) is 9.78 Å². The van der Waals surface area contributed by atoms with Crippen LogP contribution in [0.4, 0.5) is 5.69 Å². The Labute approximate surface area is 108 Å². The Bertz CT molecular complexity index is 418. The van der Waals surface area contributed by atoms with E-state index in [2.05, 4.69) is 9.88 Å². The van der Waals surface area contributed by atoms with Gasteiger partial charge in [-0.25, -0.2) is 0 Å². The number of anilines is 1. The second-order valence-corrected chi connectivity index (χ2v) is 4.69. The molecular formula is C13H20N4O. The molecule has 1 aliphatic rings. The van der Waals surface area contributed by atoms with E-state index in [1.165, 1.54) is 0 Å². The first-order chi connectivity index (χ1) is 8.61. The van der Waals surface area contributed by atoms with Crippen LogP contribution in [0.25, 0.3) is 0 Å². The van der Waals surface area contributed by atoms with Crippen molar-refractivity contribution in [2.45, 2.75) is 19.4 Å². The van der Waals surface area contributed by atoms with Crippen LogP contribution >= 0.6 is 0 Å². The first kappa shape index (κ1) is 12.8. The van der Waals surface area contributed by atoms with Crippen LogP contribution in [0.1, 0.15) is 25.1 Å². The van der Waals surface area contributed by atoms with Crippen LogP contribution in [0.15, 0.2) is 18.3 Å². The number of aromatic nitrogens is 1. The van der Waals surface area contributed by atoms with Gasteiger partial charge in [0, 0.05) is 26.2 Å². The molecule has 0 aliphatic carbocycles. The molecule has 1 amide bonds. The fourth-order valence-corrected chi connectivity index (χ4v) is 1.99. The number of piperazine rings is 1. The molecule has 1 aromatic rings. The van der Waals surface area contributed by atoms with E-state index >= 15 is 0 Å². The number of rotatable bonds is 3. The van der Waals surface area contributed by atoms with Gasteiger partial charge in [0.2, 0.25) is 5.91 Å². The average molecular weight is 248 g/mol. The summed E-state index contributed by atoms with van der Waals surface area (Å²) in [5.74, 6) is 0.149. The average Bonchev–Trinajstić information content (AvgIpc) is 2.41. The lowest BCUT2D eigenvalue weighted by Crippen LogP contribution is -2.48. The van der Waals surface area contributed by atoms with Gasteiger partial charge in [-0.05, 0) is 18.6 Å². The van der Waals surface area contributed by atoms with E-state index in [0.717, 1.165) is 30.9 Å². The number of amides is 1. The maximum atomic E-state index is 11.6. The summed E-state index contributed by atoms with van der Waals surface area (Å²) in [6.07, 6.45) is 2.68. The van der Waals surface area contributed by atoms with Gasteiger partial charge in [0.1, 0.15) is 0 Å². The zero-order chi connectivity index (χ0) is 13.1.